The molecule has 1 N–H and O–H groups in total. The molecular weight excluding hydrogens is 272 g/mol. The van der Waals surface area contributed by atoms with Gasteiger partial charge in [0.15, 0.2) is 0 Å². The number of halogens is 1. The Balaban J connectivity index is 1.38. The summed E-state index contributed by atoms with van der Waals surface area (Å²) in [6.07, 6.45) is 7.64. The minimum absolute atomic E-state index is 0.531. The minimum Gasteiger partial charge on any atom is -0.367 e. The fourth-order valence-electron chi connectivity index (χ4n) is 3.09. The number of anilines is 1. The highest BCUT2D eigenvalue weighted by molar-refractivity contribution is 6.29. The highest BCUT2D eigenvalue weighted by Gasteiger charge is 2.32. The lowest BCUT2D eigenvalue weighted by molar-refractivity contribution is 0.210. The molecule has 4 nitrogen and oxygen atoms in total. The van der Waals surface area contributed by atoms with Gasteiger partial charge in [-0.05, 0) is 38.5 Å². The van der Waals surface area contributed by atoms with Crippen LogP contribution in [0.5, 0.6) is 0 Å². The van der Waals surface area contributed by atoms with Crippen molar-refractivity contribution in [1.82, 2.24) is 14.9 Å². The van der Waals surface area contributed by atoms with Crippen LogP contribution in [0, 0.1) is 0 Å². The molecule has 3 aliphatic rings. The van der Waals surface area contributed by atoms with Crippen LogP contribution in [-0.4, -0.2) is 40.0 Å². The summed E-state index contributed by atoms with van der Waals surface area (Å²) in [4.78, 5) is 11.6. The first-order valence-corrected chi connectivity index (χ1v) is 8.21. The first-order valence-electron chi connectivity index (χ1n) is 7.83. The lowest BCUT2D eigenvalue weighted by atomic mass is 10.0. The SMILES string of the molecule is Clc1cc(NC2CCN(C3CC3)CC2)nc(C2CC2)n1. The van der Waals surface area contributed by atoms with E-state index < -0.39 is 0 Å². The van der Waals surface area contributed by atoms with Gasteiger partial charge in [0.05, 0.1) is 0 Å². The van der Waals surface area contributed by atoms with Gasteiger partial charge >= 0.3 is 0 Å². The van der Waals surface area contributed by atoms with E-state index in [1.165, 1.54) is 51.6 Å². The molecule has 2 aliphatic carbocycles. The first kappa shape index (κ1) is 12.8. The maximum atomic E-state index is 6.11. The van der Waals surface area contributed by atoms with Crippen molar-refractivity contribution in [3.8, 4) is 0 Å². The number of likely N-dealkylation sites (tertiary alicyclic amines) is 1. The van der Waals surface area contributed by atoms with Crippen molar-refractivity contribution in [2.24, 2.45) is 0 Å². The standard InChI is InChI=1S/C15H21ClN4/c16-13-9-14(19-15(18-13)10-1-2-10)17-11-5-7-20(8-6-11)12-3-4-12/h9-12H,1-8H2,(H,17,18,19). The van der Waals surface area contributed by atoms with Crippen molar-refractivity contribution >= 4 is 17.4 Å². The maximum Gasteiger partial charge on any atom is 0.135 e. The number of hydrogen-bond donors (Lipinski definition) is 1. The molecule has 1 aromatic heterocycles. The fourth-order valence-corrected chi connectivity index (χ4v) is 3.28. The smallest absolute Gasteiger partial charge is 0.135 e. The molecular formula is C15H21ClN4. The van der Waals surface area contributed by atoms with Crippen molar-refractivity contribution in [3.05, 3.63) is 17.0 Å². The number of nitrogens with one attached hydrogen (secondary N) is 1. The van der Waals surface area contributed by atoms with E-state index in [-0.39, 0.29) is 0 Å². The molecule has 0 radical (unpaired) electrons. The van der Waals surface area contributed by atoms with Gasteiger partial charge in [-0.3, -0.25) is 0 Å². The van der Waals surface area contributed by atoms with Crippen LogP contribution in [0.25, 0.3) is 0 Å². The summed E-state index contributed by atoms with van der Waals surface area (Å²) >= 11 is 6.11. The van der Waals surface area contributed by atoms with Crippen LogP contribution in [0.15, 0.2) is 6.07 Å². The van der Waals surface area contributed by atoms with E-state index in [0.29, 0.717) is 17.1 Å². The van der Waals surface area contributed by atoms with Crippen molar-refractivity contribution in [3.63, 3.8) is 0 Å². The van der Waals surface area contributed by atoms with Gasteiger partial charge in [-0.2, -0.15) is 0 Å². The molecule has 0 aromatic carbocycles. The Kier molecular flexibility index (Phi) is 3.31. The van der Waals surface area contributed by atoms with E-state index in [9.17, 15) is 0 Å². The van der Waals surface area contributed by atoms with Gasteiger partial charge in [0.25, 0.3) is 0 Å². The topological polar surface area (TPSA) is 41.0 Å². The van der Waals surface area contributed by atoms with Gasteiger partial charge in [-0.25, -0.2) is 9.97 Å². The van der Waals surface area contributed by atoms with Gasteiger partial charge in [0.2, 0.25) is 0 Å². The van der Waals surface area contributed by atoms with Crippen LogP contribution in [0.3, 0.4) is 0 Å². The third-order valence-corrected chi connectivity index (χ3v) is 4.79. The molecule has 1 saturated heterocycles. The Morgan fingerprint density at radius 2 is 1.80 bits per heavy atom. The lowest BCUT2D eigenvalue weighted by Crippen LogP contribution is -2.40. The quantitative estimate of drug-likeness (QED) is 0.866. The third-order valence-electron chi connectivity index (χ3n) is 4.60. The minimum atomic E-state index is 0.531. The molecule has 0 amide bonds. The second kappa shape index (κ2) is 5.15. The average Bonchev–Trinajstić information content (AvgIpc) is 3.29. The fraction of sp³-hybridized carbons (Fsp3) is 0.733. The van der Waals surface area contributed by atoms with Crippen LogP contribution in [0.2, 0.25) is 5.15 Å². The van der Waals surface area contributed by atoms with E-state index in [0.717, 1.165) is 17.7 Å². The summed E-state index contributed by atoms with van der Waals surface area (Å²) < 4.78 is 0. The van der Waals surface area contributed by atoms with E-state index in [4.69, 9.17) is 11.6 Å². The zero-order valence-corrected chi connectivity index (χ0v) is 12.4. The molecule has 20 heavy (non-hydrogen) atoms. The highest BCUT2D eigenvalue weighted by Crippen LogP contribution is 2.39. The Morgan fingerprint density at radius 3 is 2.45 bits per heavy atom. The van der Waals surface area contributed by atoms with Gasteiger partial charge in [0, 0.05) is 37.2 Å². The molecule has 3 fully saturated rings. The van der Waals surface area contributed by atoms with Crippen molar-refractivity contribution in [2.45, 2.75) is 56.5 Å². The summed E-state index contributed by atoms with van der Waals surface area (Å²) in [6.45, 7) is 2.44. The Labute approximate surface area is 124 Å². The molecule has 0 spiro atoms. The summed E-state index contributed by atoms with van der Waals surface area (Å²) in [6, 6.07) is 3.29. The number of rotatable bonds is 4. The third kappa shape index (κ3) is 2.91. The van der Waals surface area contributed by atoms with Gasteiger partial charge in [0.1, 0.15) is 16.8 Å². The molecule has 2 saturated carbocycles. The van der Waals surface area contributed by atoms with E-state index in [2.05, 4.69) is 20.2 Å². The summed E-state index contributed by atoms with van der Waals surface area (Å²) in [5.74, 6) is 2.39. The van der Waals surface area contributed by atoms with E-state index in [1.54, 1.807) is 0 Å². The molecule has 0 unspecified atom stereocenters. The molecule has 108 valence electrons. The predicted molar refractivity (Wildman–Crippen MR) is 80.3 cm³/mol. The van der Waals surface area contributed by atoms with Crippen LogP contribution in [0.1, 0.15) is 50.3 Å². The Morgan fingerprint density at radius 1 is 1.05 bits per heavy atom. The van der Waals surface area contributed by atoms with Gasteiger partial charge < -0.3 is 10.2 Å². The largest absolute Gasteiger partial charge is 0.367 e. The molecule has 1 aliphatic heterocycles. The summed E-state index contributed by atoms with van der Waals surface area (Å²) in [5.41, 5.74) is 0. The Bertz CT molecular complexity index is 491. The predicted octanol–water partition coefficient (Wildman–Crippen LogP) is 3.05. The highest BCUT2D eigenvalue weighted by atomic mass is 35.5. The second-order valence-corrected chi connectivity index (χ2v) is 6.78. The van der Waals surface area contributed by atoms with Crippen molar-refractivity contribution in [1.29, 1.82) is 0 Å². The molecule has 4 rings (SSSR count). The van der Waals surface area contributed by atoms with Gasteiger partial charge in [-0.1, -0.05) is 11.6 Å². The van der Waals surface area contributed by atoms with Crippen LogP contribution in [-0.2, 0) is 0 Å². The number of aromatic nitrogens is 2. The lowest BCUT2D eigenvalue weighted by Gasteiger charge is -2.32. The van der Waals surface area contributed by atoms with Crippen LogP contribution < -0.4 is 5.32 Å². The molecule has 5 heteroatoms. The molecule has 0 atom stereocenters. The summed E-state index contributed by atoms with van der Waals surface area (Å²) in [5, 5.41) is 4.13. The monoisotopic (exact) mass is 292 g/mol. The van der Waals surface area contributed by atoms with Crippen LogP contribution >= 0.6 is 11.6 Å². The molecule has 1 aromatic rings. The number of piperidine rings is 1. The van der Waals surface area contributed by atoms with Crippen molar-refractivity contribution in [2.75, 3.05) is 18.4 Å². The van der Waals surface area contributed by atoms with Gasteiger partial charge in [-0.15, -0.1) is 0 Å². The summed E-state index contributed by atoms with van der Waals surface area (Å²) in [7, 11) is 0. The average molecular weight is 293 g/mol. The zero-order chi connectivity index (χ0) is 13.5. The second-order valence-electron chi connectivity index (χ2n) is 6.39. The van der Waals surface area contributed by atoms with Crippen LogP contribution in [0.4, 0.5) is 5.82 Å². The van der Waals surface area contributed by atoms with E-state index >= 15 is 0 Å². The first-order chi connectivity index (χ1) is 9.78. The number of nitrogens with zero attached hydrogens (tertiary/aromatic N) is 3. The van der Waals surface area contributed by atoms with E-state index in [1.807, 2.05) is 6.07 Å². The number of hydrogen-bond acceptors (Lipinski definition) is 4. The van der Waals surface area contributed by atoms with Crippen molar-refractivity contribution < 1.29 is 0 Å². The normalized spacial score (nSPS) is 24.9. The molecule has 0 bridgehead atoms. The zero-order valence-electron chi connectivity index (χ0n) is 11.7. The maximum absolute atomic E-state index is 6.11. The Hall–Kier alpha value is -0.870. The molecule has 2 heterocycles.